The van der Waals surface area contributed by atoms with E-state index in [2.05, 4.69) is 72.4 Å². The van der Waals surface area contributed by atoms with Crippen LogP contribution in [0.1, 0.15) is 17.5 Å². The summed E-state index contributed by atoms with van der Waals surface area (Å²) in [6, 6.07) is 16.7. The zero-order chi connectivity index (χ0) is 18.1. The Morgan fingerprint density at radius 1 is 1.00 bits per heavy atom. The molecule has 0 unspecified atom stereocenters. The summed E-state index contributed by atoms with van der Waals surface area (Å²) < 4.78 is 5.43. The average molecular weight is 334 g/mol. The molecular weight excluding hydrogens is 308 g/mol. The summed E-state index contributed by atoms with van der Waals surface area (Å²) in [5.41, 5.74) is 3.88. The van der Waals surface area contributed by atoms with Crippen LogP contribution in [0.5, 0.6) is 5.75 Å². The van der Waals surface area contributed by atoms with Gasteiger partial charge in [-0.15, -0.1) is 12.8 Å². The molecule has 0 aliphatic carbocycles. The highest BCUT2D eigenvalue weighted by Gasteiger charge is 2.07. The summed E-state index contributed by atoms with van der Waals surface area (Å²) in [5.74, 6) is 0.968. The monoisotopic (exact) mass is 334 g/mol. The molecule has 2 aromatic carbocycles. The molecule has 0 radical (unpaired) electrons. The van der Waals surface area contributed by atoms with Crippen LogP contribution in [-0.4, -0.2) is 30.6 Å². The van der Waals surface area contributed by atoms with Gasteiger partial charge in [-0.3, -0.25) is 0 Å². The van der Waals surface area contributed by atoms with Crippen LogP contribution < -0.4 is 4.74 Å². The number of hydrogen-bond donors (Lipinski definition) is 1. The van der Waals surface area contributed by atoms with Gasteiger partial charge in [-0.1, -0.05) is 36.4 Å². The van der Waals surface area contributed by atoms with Crippen molar-refractivity contribution in [1.29, 1.82) is 0 Å². The summed E-state index contributed by atoms with van der Waals surface area (Å²) in [5, 5.41) is 1.35. The summed E-state index contributed by atoms with van der Waals surface area (Å²) in [7, 11) is 3.90. The van der Waals surface area contributed by atoms with Crippen LogP contribution in [0.2, 0.25) is 0 Å². The predicted octanol–water partition coefficient (Wildman–Crippen LogP) is 4.49. The zero-order valence-corrected chi connectivity index (χ0v) is 15.0. The molecule has 0 atom stereocenters. The maximum atomic E-state index is 5.43. The average Bonchev–Trinajstić information content (AvgIpc) is 3.07. The molecule has 0 spiro atoms. The van der Waals surface area contributed by atoms with Crippen molar-refractivity contribution in [2.24, 2.45) is 0 Å². The first-order valence-electron chi connectivity index (χ1n) is 8.46. The Morgan fingerprint density at radius 2 is 1.72 bits per heavy atom. The van der Waals surface area contributed by atoms with Gasteiger partial charge in [0.1, 0.15) is 5.75 Å². The van der Waals surface area contributed by atoms with Crippen molar-refractivity contribution in [2.45, 2.75) is 19.4 Å². The number of nitrogens with zero attached hydrogens (tertiary/aromatic N) is 1. The molecule has 1 N–H and O–H groups in total. The van der Waals surface area contributed by atoms with Crippen LogP contribution in [0, 0.1) is 12.8 Å². The molecule has 0 aliphatic rings. The molecule has 0 saturated carbocycles. The third kappa shape index (κ3) is 4.89. The van der Waals surface area contributed by atoms with E-state index >= 15 is 0 Å². The Labute approximate surface area is 150 Å². The van der Waals surface area contributed by atoms with Crippen molar-refractivity contribution in [3.63, 3.8) is 0 Å². The first-order chi connectivity index (χ1) is 12.3. The number of nitrogens with one attached hydrogen (secondary N) is 1. The quantitative estimate of drug-likeness (QED) is 0.645. The van der Waals surface area contributed by atoms with Crippen molar-refractivity contribution in [3.8, 4) is 18.6 Å². The first-order valence-corrected chi connectivity index (χ1v) is 8.46. The van der Waals surface area contributed by atoms with Gasteiger partial charge >= 0.3 is 0 Å². The lowest BCUT2D eigenvalue weighted by Gasteiger charge is -2.18. The fourth-order valence-electron chi connectivity index (χ4n) is 3.08. The molecule has 0 bridgehead atoms. The van der Waals surface area contributed by atoms with Gasteiger partial charge in [0.25, 0.3) is 0 Å². The molecule has 0 fully saturated rings. The molecule has 0 saturated heterocycles. The highest BCUT2D eigenvalue weighted by molar-refractivity contribution is 5.82. The smallest absolute Gasteiger partial charge is 0.123 e. The number of fused-ring (bicyclic) bond motifs is 1. The van der Waals surface area contributed by atoms with E-state index in [4.69, 9.17) is 4.74 Å². The van der Waals surface area contributed by atoms with Gasteiger partial charge in [0.05, 0.1) is 7.11 Å². The second-order valence-electron chi connectivity index (χ2n) is 6.01. The van der Waals surface area contributed by atoms with Gasteiger partial charge in [-0.25, -0.2) is 0 Å². The largest absolute Gasteiger partial charge is 0.496 e. The molecule has 3 aromatic rings. The Bertz CT molecular complexity index is 804. The third-order valence-corrected chi connectivity index (χ3v) is 4.29. The zero-order valence-electron chi connectivity index (χ0n) is 15.0. The van der Waals surface area contributed by atoms with E-state index in [-0.39, 0.29) is 0 Å². The number of ether oxygens (including phenoxy) is 1. The fourth-order valence-corrected chi connectivity index (χ4v) is 3.08. The Balaban J connectivity index is 0.00000109. The lowest BCUT2D eigenvalue weighted by Crippen LogP contribution is -2.20. The second kappa shape index (κ2) is 9.56. The minimum atomic E-state index is 0.915. The van der Waals surface area contributed by atoms with E-state index in [0.29, 0.717) is 0 Å². The van der Waals surface area contributed by atoms with Gasteiger partial charge in [0.2, 0.25) is 0 Å². The summed E-state index contributed by atoms with van der Waals surface area (Å²) in [6.07, 6.45) is 12.4. The second-order valence-corrected chi connectivity index (χ2v) is 6.01. The minimum Gasteiger partial charge on any atom is -0.496 e. The number of methoxy groups -OCH3 is 1. The van der Waals surface area contributed by atoms with Crippen LogP contribution in [0.3, 0.4) is 0 Å². The van der Waals surface area contributed by atoms with Crippen molar-refractivity contribution in [1.82, 2.24) is 9.88 Å². The topological polar surface area (TPSA) is 28.3 Å². The van der Waals surface area contributed by atoms with Gasteiger partial charge in [0.15, 0.2) is 0 Å². The van der Waals surface area contributed by atoms with Crippen molar-refractivity contribution in [3.05, 3.63) is 65.9 Å². The summed E-state index contributed by atoms with van der Waals surface area (Å²) in [4.78, 5) is 5.70. The van der Waals surface area contributed by atoms with E-state index < -0.39 is 0 Å². The standard InChI is InChI=1S/C20H24N2O.C2H2/c1-22(15-17-8-3-6-12-20(17)23-2)13-7-9-16-14-21-19-11-5-4-10-18(16)19;1-2/h3-6,8,10-12,14,21H,7,9,13,15H2,1-2H3;1-2H. The Morgan fingerprint density at radius 3 is 2.52 bits per heavy atom. The van der Waals surface area contributed by atoms with E-state index in [1.807, 2.05) is 12.1 Å². The van der Waals surface area contributed by atoms with Crippen LogP contribution in [0.4, 0.5) is 0 Å². The highest BCUT2D eigenvalue weighted by Crippen LogP contribution is 2.20. The SMILES string of the molecule is C#C.COc1ccccc1CN(C)CCCc1c[nH]c2ccccc12. The van der Waals surface area contributed by atoms with Crippen molar-refractivity contribution < 1.29 is 4.74 Å². The molecule has 1 aromatic heterocycles. The number of benzene rings is 2. The maximum Gasteiger partial charge on any atom is 0.123 e. The summed E-state index contributed by atoms with van der Waals surface area (Å²) >= 11 is 0. The predicted molar refractivity (Wildman–Crippen MR) is 106 cm³/mol. The number of H-pyrrole nitrogens is 1. The van der Waals surface area contributed by atoms with E-state index in [1.54, 1.807) is 7.11 Å². The fraction of sp³-hybridized carbons (Fsp3) is 0.273. The van der Waals surface area contributed by atoms with E-state index in [0.717, 1.165) is 31.7 Å². The molecule has 3 heteroatoms. The van der Waals surface area contributed by atoms with Crippen LogP contribution >= 0.6 is 0 Å². The van der Waals surface area contributed by atoms with Gasteiger partial charge < -0.3 is 14.6 Å². The number of aromatic nitrogens is 1. The lowest BCUT2D eigenvalue weighted by atomic mass is 10.1. The van der Waals surface area contributed by atoms with Crippen molar-refractivity contribution >= 4 is 10.9 Å². The molecule has 1 heterocycles. The number of aromatic amines is 1. The van der Waals surface area contributed by atoms with Crippen LogP contribution in [0.15, 0.2) is 54.7 Å². The Hall–Kier alpha value is -2.70. The summed E-state index contributed by atoms with van der Waals surface area (Å²) in [6.45, 7) is 1.98. The van der Waals surface area contributed by atoms with Crippen LogP contribution in [0.25, 0.3) is 10.9 Å². The van der Waals surface area contributed by atoms with Gasteiger partial charge in [-0.05, 0) is 44.1 Å². The third-order valence-electron chi connectivity index (χ3n) is 4.29. The first kappa shape index (κ1) is 18.6. The molecule has 0 aliphatic heterocycles. The highest BCUT2D eigenvalue weighted by atomic mass is 16.5. The van der Waals surface area contributed by atoms with Gasteiger partial charge in [0, 0.05) is 29.2 Å². The minimum absolute atomic E-state index is 0.915. The number of hydrogen-bond acceptors (Lipinski definition) is 2. The lowest BCUT2D eigenvalue weighted by molar-refractivity contribution is 0.313. The van der Waals surface area contributed by atoms with E-state index in [9.17, 15) is 0 Å². The molecular formula is C22H26N2O. The molecule has 130 valence electrons. The van der Waals surface area contributed by atoms with Crippen molar-refractivity contribution in [2.75, 3.05) is 20.7 Å². The number of para-hydroxylation sites is 2. The van der Waals surface area contributed by atoms with Gasteiger partial charge in [-0.2, -0.15) is 0 Å². The van der Waals surface area contributed by atoms with Crippen LogP contribution in [-0.2, 0) is 13.0 Å². The normalized spacial score (nSPS) is 10.4. The maximum absolute atomic E-state index is 5.43. The van der Waals surface area contributed by atoms with E-state index in [1.165, 1.54) is 22.0 Å². The number of terminal acetylenes is 1. The Kier molecular flexibility index (Phi) is 7.13. The number of aryl methyl sites for hydroxylation is 1. The molecule has 3 nitrogen and oxygen atoms in total. The number of rotatable bonds is 7. The molecule has 25 heavy (non-hydrogen) atoms. The molecule has 0 amide bonds. The molecule has 3 rings (SSSR count).